The molecule has 2 aromatic rings. The first-order valence-corrected chi connectivity index (χ1v) is 6.61. The fourth-order valence-corrected chi connectivity index (χ4v) is 1.94. The van der Waals surface area contributed by atoms with E-state index in [1.807, 2.05) is 32.0 Å². The van der Waals surface area contributed by atoms with E-state index >= 15 is 0 Å². The van der Waals surface area contributed by atoms with Gasteiger partial charge in [-0.2, -0.15) is 0 Å². The van der Waals surface area contributed by atoms with Crippen molar-refractivity contribution in [2.45, 2.75) is 26.8 Å². The van der Waals surface area contributed by atoms with Crippen molar-refractivity contribution in [1.82, 2.24) is 15.3 Å². The maximum absolute atomic E-state index is 11.7. The number of hydrogen-bond acceptors (Lipinski definition) is 3. The second kappa shape index (κ2) is 6.75. The van der Waals surface area contributed by atoms with Crippen molar-refractivity contribution in [3.8, 4) is 5.75 Å². The number of benzene rings is 1. The predicted octanol–water partition coefficient (Wildman–Crippen LogP) is 2.11. The van der Waals surface area contributed by atoms with Gasteiger partial charge in [0.2, 0.25) is 5.91 Å². The highest BCUT2D eigenvalue weighted by Crippen LogP contribution is 2.22. The molecule has 20 heavy (non-hydrogen) atoms. The summed E-state index contributed by atoms with van der Waals surface area (Å²) in [7, 11) is 0. The van der Waals surface area contributed by atoms with E-state index in [9.17, 15) is 4.79 Å². The highest BCUT2D eigenvalue weighted by atomic mass is 16.5. The van der Waals surface area contributed by atoms with E-state index in [2.05, 4.69) is 15.3 Å². The number of aromatic nitrogens is 2. The van der Waals surface area contributed by atoms with Gasteiger partial charge in [0.15, 0.2) is 0 Å². The second-order valence-corrected chi connectivity index (χ2v) is 4.63. The van der Waals surface area contributed by atoms with Gasteiger partial charge in [0.05, 0.1) is 19.6 Å². The summed E-state index contributed by atoms with van der Waals surface area (Å²) in [5, 5.41) is 2.79. The van der Waals surface area contributed by atoms with Gasteiger partial charge in [-0.05, 0) is 25.0 Å². The summed E-state index contributed by atoms with van der Waals surface area (Å²) in [6.45, 7) is 4.78. The third-order valence-electron chi connectivity index (χ3n) is 2.99. The molecule has 0 radical (unpaired) electrons. The quantitative estimate of drug-likeness (QED) is 0.847. The molecule has 1 heterocycles. The summed E-state index contributed by atoms with van der Waals surface area (Å²) in [5.41, 5.74) is 2.17. The van der Waals surface area contributed by atoms with Crippen LogP contribution in [0.25, 0.3) is 0 Å². The minimum absolute atomic E-state index is 0.0485. The number of aromatic amines is 1. The smallest absolute Gasteiger partial charge is 0.223 e. The number of rotatable bonds is 6. The normalized spacial score (nSPS) is 10.3. The fraction of sp³-hybridized carbons (Fsp3) is 0.333. The van der Waals surface area contributed by atoms with Crippen molar-refractivity contribution >= 4 is 5.91 Å². The van der Waals surface area contributed by atoms with Crippen molar-refractivity contribution in [3.63, 3.8) is 0 Å². The Kier molecular flexibility index (Phi) is 4.76. The average molecular weight is 273 g/mol. The molecule has 106 valence electrons. The topological polar surface area (TPSA) is 67.0 Å². The van der Waals surface area contributed by atoms with Crippen LogP contribution in [-0.4, -0.2) is 22.5 Å². The molecule has 0 unspecified atom stereocenters. The van der Waals surface area contributed by atoms with E-state index in [1.165, 1.54) is 0 Å². The van der Waals surface area contributed by atoms with Crippen molar-refractivity contribution < 1.29 is 9.53 Å². The van der Waals surface area contributed by atoms with Gasteiger partial charge >= 0.3 is 0 Å². The molecule has 2 N–H and O–H groups in total. The van der Waals surface area contributed by atoms with Crippen molar-refractivity contribution in [2.24, 2.45) is 0 Å². The van der Waals surface area contributed by atoms with Gasteiger partial charge in [-0.3, -0.25) is 4.79 Å². The van der Waals surface area contributed by atoms with Crippen LogP contribution in [0.3, 0.4) is 0 Å². The Morgan fingerprint density at radius 3 is 2.75 bits per heavy atom. The first kappa shape index (κ1) is 14.1. The molecule has 0 aliphatic heterocycles. The minimum Gasteiger partial charge on any atom is -0.493 e. The molecule has 0 spiro atoms. The van der Waals surface area contributed by atoms with E-state index in [4.69, 9.17) is 4.74 Å². The first-order chi connectivity index (χ1) is 9.66. The molecule has 1 aromatic carbocycles. The Labute approximate surface area is 118 Å². The lowest BCUT2D eigenvalue weighted by molar-refractivity contribution is -0.121. The molecule has 0 fully saturated rings. The standard InChI is InChI=1S/C15H19N3O2/c1-11-4-3-5-12(2)15(11)20-9-6-14(19)18-10-13-16-7-8-17-13/h3-5,7-8H,6,9-10H2,1-2H3,(H,16,17)(H,18,19). The third-order valence-corrected chi connectivity index (χ3v) is 2.99. The van der Waals surface area contributed by atoms with Crippen molar-refractivity contribution in [3.05, 3.63) is 47.5 Å². The molecular formula is C15H19N3O2. The lowest BCUT2D eigenvalue weighted by Gasteiger charge is -2.11. The van der Waals surface area contributed by atoms with Gasteiger partial charge in [0, 0.05) is 12.4 Å². The van der Waals surface area contributed by atoms with E-state index in [0.717, 1.165) is 22.7 Å². The molecule has 1 aromatic heterocycles. The molecular weight excluding hydrogens is 254 g/mol. The van der Waals surface area contributed by atoms with Crippen molar-refractivity contribution in [2.75, 3.05) is 6.61 Å². The maximum atomic E-state index is 11.7. The number of amides is 1. The Bertz CT molecular complexity index is 544. The highest BCUT2D eigenvalue weighted by molar-refractivity contribution is 5.75. The Morgan fingerprint density at radius 1 is 1.35 bits per heavy atom. The number of imidazole rings is 1. The SMILES string of the molecule is Cc1cccc(C)c1OCCC(=O)NCc1ncc[nH]1. The summed E-state index contributed by atoms with van der Waals surface area (Å²) in [6.07, 6.45) is 3.71. The van der Waals surface area contributed by atoms with Gasteiger partial charge in [0.25, 0.3) is 0 Å². The number of H-pyrrole nitrogens is 1. The monoisotopic (exact) mass is 273 g/mol. The number of nitrogens with zero attached hydrogens (tertiary/aromatic N) is 1. The molecule has 0 aliphatic carbocycles. The first-order valence-electron chi connectivity index (χ1n) is 6.61. The van der Waals surface area contributed by atoms with Crippen LogP contribution in [0.5, 0.6) is 5.75 Å². The molecule has 2 rings (SSSR count). The highest BCUT2D eigenvalue weighted by Gasteiger charge is 2.06. The molecule has 0 atom stereocenters. The van der Waals surface area contributed by atoms with Gasteiger partial charge in [0.1, 0.15) is 11.6 Å². The number of aryl methyl sites for hydroxylation is 2. The largest absolute Gasteiger partial charge is 0.493 e. The number of carbonyl (C=O) groups excluding carboxylic acids is 1. The summed E-state index contributed by atoms with van der Waals surface area (Å²) in [6, 6.07) is 5.99. The number of carbonyl (C=O) groups is 1. The number of hydrogen-bond donors (Lipinski definition) is 2. The van der Waals surface area contributed by atoms with Crippen LogP contribution in [0.1, 0.15) is 23.4 Å². The zero-order valence-electron chi connectivity index (χ0n) is 11.8. The number of ether oxygens (including phenoxy) is 1. The van der Waals surface area contributed by atoms with Gasteiger partial charge < -0.3 is 15.0 Å². The van der Waals surface area contributed by atoms with Crippen LogP contribution in [0, 0.1) is 13.8 Å². The molecule has 5 heteroatoms. The Morgan fingerprint density at radius 2 is 2.10 bits per heavy atom. The van der Waals surface area contributed by atoms with Crippen LogP contribution in [0.4, 0.5) is 0 Å². The lowest BCUT2D eigenvalue weighted by Crippen LogP contribution is -2.25. The maximum Gasteiger partial charge on any atom is 0.223 e. The average Bonchev–Trinajstić information content (AvgIpc) is 2.93. The van der Waals surface area contributed by atoms with Crippen LogP contribution in [0.15, 0.2) is 30.6 Å². The molecule has 1 amide bonds. The Balaban J connectivity index is 1.74. The zero-order valence-corrected chi connectivity index (χ0v) is 11.8. The Hall–Kier alpha value is -2.30. The van der Waals surface area contributed by atoms with Gasteiger partial charge in [-0.15, -0.1) is 0 Å². The van der Waals surface area contributed by atoms with E-state index < -0.39 is 0 Å². The molecule has 0 bridgehead atoms. The molecule has 0 aliphatic rings. The second-order valence-electron chi connectivity index (χ2n) is 4.63. The van der Waals surface area contributed by atoms with Crippen LogP contribution in [0.2, 0.25) is 0 Å². The molecule has 0 saturated heterocycles. The summed E-state index contributed by atoms with van der Waals surface area (Å²) in [4.78, 5) is 18.6. The summed E-state index contributed by atoms with van der Waals surface area (Å²) >= 11 is 0. The van der Waals surface area contributed by atoms with E-state index in [0.29, 0.717) is 19.6 Å². The van der Waals surface area contributed by atoms with E-state index in [1.54, 1.807) is 12.4 Å². The van der Waals surface area contributed by atoms with E-state index in [-0.39, 0.29) is 5.91 Å². The summed E-state index contributed by atoms with van der Waals surface area (Å²) in [5.74, 6) is 1.56. The van der Waals surface area contributed by atoms with Crippen molar-refractivity contribution in [1.29, 1.82) is 0 Å². The van der Waals surface area contributed by atoms with Gasteiger partial charge in [-0.25, -0.2) is 4.98 Å². The van der Waals surface area contributed by atoms with Gasteiger partial charge in [-0.1, -0.05) is 18.2 Å². The molecule has 5 nitrogen and oxygen atoms in total. The number of nitrogens with one attached hydrogen (secondary N) is 2. The number of para-hydroxylation sites is 1. The predicted molar refractivity (Wildman–Crippen MR) is 76.5 cm³/mol. The third kappa shape index (κ3) is 3.85. The van der Waals surface area contributed by atoms with Crippen LogP contribution < -0.4 is 10.1 Å². The minimum atomic E-state index is -0.0485. The fourth-order valence-electron chi connectivity index (χ4n) is 1.94. The lowest BCUT2D eigenvalue weighted by atomic mass is 10.1. The van der Waals surface area contributed by atoms with Crippen LogP contribution >= 0.6 is 0 Å². The summed E-state index contributed by atoms with van der Waals surface area (Å²) < 4.78 is 5.69. The molecule has 0 saturated carbocycles. The zero-order chi connectivity index (χ0) is 14.4. The van der Waals surface area contributed by atoms with Crippen LogP contribution in [-0.2, 0) is 11.3 Å².